The lowest BCUT2D eigenvalue weighted by Gasteiger charge is -2.12. The van der Waals surface area contributed by atoms with Gasteiger partial charge in [0.15, 0.2) is 10.1 Å². The Bertz CT molecular complexity index is 1020. The number of aromatic nitrogens is 2. The quantitative estimate of drug-likeness (QED) is 0.353. The number of carbonyl (C=O) groups is 1. The number of nitrogens with one attached hydrogen (secondary N) is 1. The maximum atomic E-state index is 13.0. The van der Waals surface area contributed by atoms with E-state index in [0.717, 1.165) is 32.5 Å². The van der Waals surface area contributed by atoms with E-state index in [-0.39, 0.29) is 11.0 Å². The number of Topliss-reactive ketones (excluding diaryl/α,β-unsaturated/α-hetero) is 1. The molecule has 3 rings (SSSR count). The van der Waals surface area contributed by atoms with Crippen molar-refractivity contribution in [1.29, 1.82) is 0 Å². The van der Waals surface area contributed by atoms with Crippen molar-refractivity contribution in [2.24, 2.45) is 0 Å². The van der Waals surface area contributed by atoms with E-state index in [1.807, 2.05) is 58.0 Å². The molecule has 1 unspecified atom stereocenters. The number of ether oxygens (including phenoxy) is 1. The number of hydrogen-bond acceptors (Lipinski definition) is 7. The van der Waals surface area contributed by atoms with Crippen molar-refractivity contribution >= 4 is 39.7 Å². The minimum Gasteiger partial charge on any atom is -0.492 e. The lowest BCUT2D eigenvalue weighted by molar-refractivity contribution is 0.0993. The fourth-order valence-electron chi connectivity index (χ4n) is 2.92. The monoisotopic (exact) mass is 427 g/mol. The van der Waals surface area contributed by atoms with Crippen molar-refractivity contribution in [3.05, 3.63) is 58.7 Å². The number of para-hydroxylation sites is 2. The summed E-state index contributed by atoms with van der Waals surface area (Å²) in [6.45, 7) is 10.5. The Morgan fingerprint density at radius 1 is 1.14 bits per heavy atom. The van der Waals surface area contributed by atoms with Crippen molar-refractivity contribution in [3.63, 3.8) is 0 Å². The van der Waals surface area contributed by atoms with Crippen LogP contribution in [0.5, 0.6) is 5.75 Å². The molecule has 1 atom stereocenters. The molecule has 0 fully saturated rings. The van der Waals surface area contributed by atoms with Crippen LogP contribution in [0.1, 0.15) is 40.9 Å². The Balaban J connectivity index is 1.70. The molecule has 1 N–H and O–H groups in total. The van der Waals surface area contributed by atoms with Gasteiger partial charge in [0.25, 0.3) is 0 Å². The summed E-state index contributed by atoms with van der Waals surface area (Å²) >= 11 is 2.86. The molecule has 1 heterocycles. The molecule has 0 bridgehead atoms. The van der Waals surface area contributed by atoms with Gasteiger partial charge in [-0.2, -0.15) is 0 Å². The normalized spacial score (nSPS) is 11.9. The van der Waals surface area contributed by atoms with E-state index >= 15 is 0 Å². The van der Waals surface area contributed by atoms with Gasteiger partial charge < -0.3 is 10.1 Å². The van der Waals surface area contributed by atoms with E-state index in [4.69, 9.17) is 4.74 Å². The van der Waals surface area contributed by atoms with Gasteiger partial charge in [-0.1, -0.05) is 41.3 Å². The molecule has 0 spiro atoms. The Morgan fingerprint density at radius 2 is 1.86 bits per heavy atom. The molecule has 0 aliphatic carbocycles. The van der Waals surface area contributed by atoms with E-state index in [1.54, 1.807) is 0 Å². The molecule has 5 nitrogen and oxygen atoms in total. The summed E-state index contributed by atoms with van der Waals surface area (Å²) in [5.41, 5.74) is 4.97. The highest BCUT2D eigenvalue weighted by atomic mass is 32.2. The maximum Gasteiger partial charge on any atom is 0.210 e. The molecule has 7 heteroatoms. The van der Waals surface area contributed by atoms with Gasteiger partial charge in [-0.15, -0.1) is 10.2 Å². The van der Waals surface area contributed by atoms with Crippen LogP contribution in [0.3, 0.4) is 0 Å². The largest absolute Gasteiger partial charge is 0.492 e. The first-order valence-corrected chi connectivity index (χ1v) is 11.2. The number of carbonyl (C=O) groups excluding carboxylic acids is 1. The fourth-order valence-corrected chi connectivity index (χ4v) is 4.90. The molecule has 1 aromatic heterocycles. The summed E-state index contributed by atoms with van der Waals surface area (Å²) in [4.78, 5) is 13.0. The second-order valence-corrected chi connectivity index (χ2v) is 9.37. The zero-order chi connectivity index (χ0) is 21.0. The van der Waals surface area contributed by atoms with Gasteiger partial charge in [-0.25, -0.2) is 0 Å². The van der Waals surface area contributed by atoms with E-state index in [9.17, 15) is 4.79 Å². The number of aryl methyl sites for hydroxylation is 3. The van der Waals surface area contributed by atoms with Crippen molar-refractivity contribution in [2.75, 3.05) is 11.9 Å². The second-order valence-electron chi connectivity index (χ2n) is 6.80. The van der Waals surface area contributed by atoms with Crippen LogP contribution in [0, 0.1) is 20.8 Å². The Hall–Kier alpha value is -2.38. The smallest absolute Gasteiger partial charge is 0.210 e. The summed E-state index contributed by atoms with van der Waals surface area (Å²) in [5, 5.41) is 12.1. The SMILES string of the molecule is CCOc1ccccc1Nc1nnc(SC(C)C(=O)c2cc(C)c(C)cc2C)s1. The summed E-state index contributed by atoms with van der Waals surface area (Å²) in [5.74, 6) is 0.884. The summed E-state index contributed by atoms with van der Waals surface area (Å²) in [6.07, 6.45) is 0. The van der Waals surface area contributed by atoms with Gasteiger partial charge in [-0.3, -0.25) is 4.79 Å². The summed E-state index contributed by atoms with van der Waals surface area (Å²) in [7, 11) is 0. The molecular formula is C22H25N3O2S2. The van der Waals surface area contributed by atoms with Gasteiger partial charge in [0.1, 0.15) is 5.75 Å². The van der Waals surface area contributed by atoms with Crippen LogP contribution in [0.4, 0.5) is 10.8 Å². The van der Waals surface area contributed by atoms with E-state index in [1.165, 1.54) is 28.7 Å². The zero-order valence-electron chi connectivity index (χ0n) is 17.3. The Labute approximate surface area is 179 Å². The number of nitrogens with zero attached hydrogens (tertiary/aromatic N) is 2. The van der Waals surface area contributed by atoms with Crippen molar-refractivity contribution in [2.45, 2.75) is 44.2 Å². The van der Waals surface area contributed by atoms with Crippen LogP contribution < -0.4 is 10.1 Å². The molecule has 0 saturated heterocycles. The molecule has 152 valence electrons. The zero-order valence-corrected chi connectivity index (χ0v) is 18.9. The minimum atomic E-state index is -0.243. The average molecular weight is 428 g/mol. The van der Waals surface area contributed by atoms with E-state index in [0.29, 0.717) is 11.7 Å². The highest BCUT2D eigenvalue weighted by Crippen LogP contribution is 2.34. The molecule has 0 aliphatic rings. The van der Waals surface area contributed by atoms with Crippen LogP contribution in [-0.4, -0.2) is 27.8 Å². The Morgan fingerprint density at radius 3 is 2.62 bits per heavy atom. The van der Waals surface area contributed by atoms with E-state index < -0.39 is 0 Å². The van der Waals surface area contributed by atoms with Gasteiger partial charge >= 0.3 is 0 Å². The number of rotatable bonds is 8. The van der Waals surface area contributed by atoms with Gasteiger partial charge in [0, 0.05) is 5.56 Å². The third kappa shape index (κ3) is 5.16. The molecule has 0 amide bonds. The molecule has 0 radical (unpaired) electrons. The first kappa shape index (κ1) is 21.3. The summed E-state index contributed by atoms with van der Waals surface area (Å²) < 4.78 is 6.39. The number of benzene rings is 2. The third-order valence-electron chi connectivity index (χ3n) is 4.59. The van der Waals surface area contributed by atoms with Crippen LogP contribution in [-0.2, 0) is 0 Å². The predicted octanol–water partition coefficient (Wildman–Crippen LogP) is 5.97. The topological polar surface area (TPSA) is 64.1 Å². The van der Waals surface area contributed by atoms with E-state index in [2.05, 4.69) is 28.5 Å². The van der Waals surface area contributed by atoms with Gasteiger partial charge in [0.2, 0.25) is 5.13 Å². The highest BCUT2D eigenvalue weighted by Gasteiger charge is 2.21. The van der Waals surface area contributed by atoms with Crippen LogP contribution in [0.2, 0.25) is 0 Å². The molecule has 29 heavy (non-hydrogen) atoms. The molecular weight excluding hydrogens is 402 g/mol. The van der Waals surface area contributed by atoms with Crippen LogP contribution in [0.25, 0.3) is 0 Å². The molecule has 0 saturated carbocycles. The molecule has 0 aliphatic heterocycles. The second kappa shape index (κ2) is 9.41. The molecule has 3 aromatic rings. The molecule has 2 aromatic carbocycles. The maximum absolute atomic E-state index is 13.0. The van der Waals surface area contributed by atoms with Gasteiger partial charge in [0.05, 0.1) is 17.5 Å². The Kier molecular flexibility index (Phi) is 6.92. The highest BCUT2D eigenvalue weighted by molar-refractivity contribution is 8.02. The first-order chi connectivity index (χ1) is 13.9. The number of ketones is 1. The number of anilines is 2. The van der Waals surface area contributed by atoms with Crippen molar-refractivity contribution in [3.8, 4) is 5.75 Å². The number of hydrogen-bond donors (Lipinski definition) is 1. The lowest BCUT2D eigenvalue weighted by atomic mass is 9.97. The van der Waals surface area contributed by atoms with Crippen LogP contribution in [0.15, 0.2) is 40.7 Å². The third-order valence-corrected chi connectivity index (χ3v) is 6.61. The van der Waals surface area contributed by atoms with Crippen molar-refractivity contribution < 1.29 is 9.53 Å². The first-order valence-electron chi connectivity index (χ1n) is 9.50. The fraction of sp³-hybridized carbons (Fsp3) is 0.318. The lowest BCUT2D eigenvalue weighted by Crippen LogP contribution is -2.15. The minimum absolute atomic E-state index is 0.113. The summed E-state index contributed by atoms with van der Waals surface area (Å²) in [6, 6.07) is 11.8. The number of thioether (sulfide) groups is 1. The van der Waals surface area contributed by atoms with Crippen molar-refractivity contribution in [1.82, 2.24) is 10.2 Å². The van der Waals surface area contributed by atoms with Gasteiger partial charge in [-0.05, 0) is 69.5 Å². The average Bonchev–Trinajstić information content (AvgIpc) is 3.12. The van der Waals surface area contributed by atoms with Crippen LogP contribution >= 0.6 is 23.1 Å². The predicted molar refractivity (Wildman–Crippen MR) is 121 cm³/mol. The standard InChI is InChI=1S/C22H25N3O2S2/c1-6-27-19-10-8-7-9-18(19)23-21-24-25-22(29-21)28-16(5)20(26)17-12-14(3)13(2)11-15(17)4/h7-12,16H,6H2,1-5H3,(H,23,24).